The van der Waals surface area contributed by atoms with Crippen LogP contribution in [0.3, 0.4) is 0 Å². The molecule has 0 radical (unpaired) electrons. The molecule has 1 unspecified atom stereocenters. The van der Waals surface area contributed by atoms with Gasteiger partial charge in [0.05, 0.1) is 11.6 Å². The monoisotopic (exact) mass is 487 g/mol. The van der Waals surface area contributed by atoms with E-state index >= 15 is 0 Å². The van der Waals surface area contributed by atoms with Crippen molar-refractivity contribution in [2.45, 2.75) is 38.4 Å². The number of nitrogens with one attached hydrogen (secondary N) is 1. The molecule has 0 saturated heterocycles. The highest BCUT2D eigenvalue weighted by atomic mass is 15.5. The van der Waals surface area contributed by atoms with Gasteiger partial charge in [0.15, 0.2) is 5.82 Å². The van der Waals surface area contributed by atoms with Gasteiger partial charge in [0.2, 0.25) is 0 Å². The average Bonchev–Trinajstić information content (AvgIpc) is 3.43. The molecule has 5 nitrogen and oxygen atoms in total. The first-order chi connectivity index (χ1) is 18.2. The summed E-state index contributed by atoms with van der Waals surface area (Å²) in [6, 6.07) is 42.4. The smallest absolute Gasteiger partial charge is 0.168 e. The molecule has 1 heterocycles. The normalized spacial score (nSPS) is 12.5. The number of tetrazole rings is 1. The van der Waals surface area contributed by atoms with Crippen LogP contribution in [0.15, 0.2) is 121 Å². The minimum Gasteiger partial charge on any atom is -0.290 e. The van der Waals surface area contributed by atoms with E-state index in [1.807, 2.05) is 10.7 Å². The molecule has 1 atom stereocenters. The number of aromatic nitrogens is 4. The van der Waals surface area contributed by atoms with Crippen molar-refractivity contribution in [3.63, 3.8) is 0 Å². The second-order valence-corrected chi connectivity index (χ2v) is 9.71. The zero-order valence-electron chi connectivity index (χ0n) is 21.4. The van der Waals surface area contributed by atoms with E-state index in [-0.39, 0.29) is 12.0 Å². The van der Waals surface area contributed by atoms with Gasteiger partial charge in [-0.2, -0.15) is 0 Å². The highest BCUT2D eigenvalue weighted by Gasteiger charge is 2.40. The largest absolute Gasteiger partial charge is 0.290 e. The molecule has 186 valence electrons. The van der Waals surface area contributed by atoms with Crippen LogP contribution in [0, 0.1) is 5.92 Å². The van der Waals surface area contributed by atoms with Crippen LogP contribution in [0.1, 0.15) is 48.0 Å². The molecule has 0 aliphatic heterocycles. The molecular formula is C32H33N5. The Hall–Kier alpha value is -4.09. The van der Waals surface area contributed by atoms with Crippen molar-refractivity contribution in [2.24, 2.45) is 5.92 Å². The van der Waals surface area contributed by atoms with E-state index in [4.69, 9.17) is 0 Å². The molecule has 0 fully saturated rings. The summed E-state index contributed by atoms with van der Waals surface area (Å²) in [7, 11) is 0. The fourth-order valence-electron chi connectivity index (χ4n) is 5.05. The molecule has 0 aliphatic rings. The lowest BCUT2D eigenvalue weighted by Gasteiger charge is -2.41. The standard InChI is InChI=1S/C32H33N5/c1-25(2)30(31-34-35-36-37(31)24-23-26-15-7-3-8-16-26)33-32(27-17-9-4-10-18-27,28-19-11-5-12-20-28)29-21-13-6-14-22-29/h3-22,25,30,33H,23-24H2,1-2H3. The highest BCUT2D eigenvalue weighted by Crippen LogP contribution is 2.40. The Balaban J connectivity index is 1.61. The minimum atomic E-state index is -0.602. The quantitative estimate of drug-likeness (QED) is 0.239. The van der Waals surface area contributed by atoms with Crippen LogP contribution in [0.25, 0.3) is 0 Å². The van der Waals surface area contributed by atoms with Gasteiger partial charge in [-0.1, -0.05) is 135 Å². The predicted molar refractivity (Wildman–Crippen MR) is 148 cm³/mol. The predicted octanol–water partition coefficient (Wildman–Crippen LogP) is 6.19. The second kappa shape index (κ2) is 11.3. The first kappa shape index (κ1) is 24.6. The number of hydrogen-bond acceptors (Lipinski definition) is 4. The summed E-state index contributed by atoms with van der Waals surface area (Å²) >= 11 is 0. The molecule has 0 spiro atoms. The molecule has 0 aliphatic carbocycles. The van der Waals surface area contributed by atoms with E-state index < -0.39 is 5.54 Å². The topological polar surface area (TPSA) is 55.6 Å². The first-order valence-corrected chi connectivity index (χ1v) is 12.9. The highest BCUT2D eigenvalue weighted by molar-refractivity contribution is 5.49. The molecular weight excluding hydrogens is 454 g/mol. The van der Waals surface area contributed by atoms with Gasteiger partial charge in [-0.25, -0.2) is 4.68 Å². The number of nitrogens with zero attached hydrogens (tertiary/aromatic N) is 4. The summed E-state index contributed by atoms with van der Waals surface area (Å²) in [6.45, 7) is 5.16. The Morgan fingerprint density at radius 3 is 1.59 bits per heavy atom. The number of benzene rings is 4. The van der Waals surface area contributed by atoms with Crippen LogP contribution < -0.4 is 5.32 Å². The van der Waals surface area contributed by atoms with E-state index in [1.54, 1.807) is 0 Å². The number of aryl methyl sites for hydroxylation is 2. The lowest BCUT2D eigenvalue weighted by atomic mass is 9.76. The van der Waals surface area contributed by atoms with Crippen LogP contribution in [0.4, 0.5) is 0 Å². The molecule has 37 heavy (non-hydrogen) atoms. The van der Waals surface area contributed by atoms with E-state index in [2.05, 4.69) is 150 Å². The van der Waals surface area contributed by atoms with Gasteiger partial charge in [-0.05, 0) is 45.0 Å². The minimum absolute atomic E-state index is 0.105. The third kappa shape index (κ3) is 5.23. The summed E-state index contributed by atoms with van der Waals surface area (Å²) in [5.74, 6) is 1.08. The number of rotatable bonds is 10. The SMILES string of the molecule is CC(C)C(NC(c1ccccc1)(c1ccccc1)c1ccccc1)c1nnnn1CCc1ccccc1. The molecule has 5 aromatic rings. The van der Waals surface area contributed by atoms with Gasteiger partial charge < -0.3 is 0 Å². The van der Waals surface area contributed by atoms with Gasteiger partial charge >= 0.3 is 0 Å². The Morgan fingerprint density at radius 1 is 0.676 bits per heavy atom. The number of hydrogen-bond donors (Lipinski definition) is 1. The summed E-state index contributed by atoms with van der Waals surface area (Å²) in [4.78, 5) is 0. The maximum atomic E-state index is 4.55. The summed E-state index contributed by atoms with van der Waals surface area (Å²) in [5.41, 5.74) is 4.17. The fourth-order valence-corrected chi connectivity index (χ4v) is 5.05. The van der Waals surface area contributed by atoms with Gasteiger partial charge in [0, 0.05) is 6.54 Å². The lowest BCUT2D eigenvalue weighted by molar-refractivity contribution is 0.307. The Labute approximate surface area is 219 Å². The molecule has 1 N–H and O–H groups in total. The molecule has 4 aromatic carbocycles. The van der Waals surface area contributed by atoms with Crippen molar-refractivity contribution < 1.29 is 0 Å². The molecule has 0 saturated carbocycles. The zero-order chi connectivity index (χ0) is 25.5. The third-order valence-electron chi connectivity index (χ3n) is 6.95. The van der Waals surface area contributed by atoms with Crippen molar-refractivity contribution in [1.29, 1.82) is 0 Å². The zero-order valence-corrected chi connectivity index (χ0v) is 21.4. The average molecular weight is 488 g/mol. The van der Waals surface area contributed by atoms with E-state index in [0.29, 0.717) is 6.54 Å². The molecule has 0 amide bonds. The van der Waals surface area contributed by atoms with Crippen LogP contribution in [-0.2, 0) is 18.5 Å². The Kier molecular flexibility index (Phi) is 7.52. The van der Waals surface area contributed by atoms with Gasteiger partial charge in [0.1, 0.15) is 0 Å². The van der Waals surface area contributed by atoms with Crippen molar-refractivity contribution in [3.05, 3.63) is 149 Å². The molecule has 5 rings (SSSR count). The summed E-state index contributed by atoms with van der Waals surface area (Å²) < 4.78 is 1.95. The maximum Gasteiger partial charge on any atom is 0.168 e. The molecule has 5 heteroatoms. The van der Waals surface area contributed by atoms with E-state index in [1.165, 1.54) is 22.3 Å². The van der Waals surface area contributed by atoms with Crippen LogP contribution in [-0.4, -0.2) is 20.2 Å². The van der Waals surface area contributed by atoms with Gasteiger partial charge in [0.25, 0.3) is 0 Å². The Morgan fingerprint density at radius 2 is 1.14 bits per heavy atom. The van der Waals surface area contributed by atoms with Crippen LogP contribution in [0.5, 0.6) is 0 Å². The lowest BCUT2D eigenvalue weighted by Crippen LogP contribution is -2.48. The van der Waals surface area contributed by atoms with Crippen LogP contribution in [0.2, 0.25) is 0 Å². The van der Waals surface area contributed by atoms with Gasteiger partial charge in [-0.3, -0.25) is 5.32 Å². The third-order valence-corrected chi connectivity index (χ3v) is 6.95. The summed E-state index contributed by atoms with van der Waals surface area (Å²) in [6.07, 6.45) is 0.866. The fraction of sp³-hybridized carbons (Fsp3) is 0.219. The maximum absolute atomic E-state index is 4.55. The first-order valence-electron chi connectivity index (χ1n) is 12.9. The van der Waals surface area contributed by atoms with Crippen molar-refractivity contribution in [3.8, 4) is 0 Å². The second-order valence-electron chi connectivity index (χ2n) is 9.71. The van der Waals surface area contributed by atoms with Crippen molar-refractivity contribution >= 4 is 0 Å². The van der Waals surface area contributed by atoms with E-state index in [9.17, 15) is 0 Å². The van der Waals surface area contributed by atoms with Crippen LogP contribution >= 0.6 is 0 Å². The van der Waals surface area contributed by atoms with Gasteiger partial charge in [-0.15, -0.1) is 5.10 Å². The Bertz CT molecular complexity index is 1270. The molecule has 1 aromatic heterocycles. The van der Waals surface area contributed by atoms with Crippen molar-refractivity contribution in [1.82, 2.24) is 25.5 Å². The molecule has 0 bridgehead atoms. The van der Waals surface area contributed by atoms with E-state index in [0.717, 1.165) is 12.2 Å². The van der Waals surface area contributed by atoms with Crippen molar-refractivity contribution in [2.75, 3.05) is 0 Å². The summed E-state index contributed by atoms with van der Waals surface area (Å²) in [5, 5.41) is 17.2.